The van der Waals surface area contributed by atoms with Crippen molar-refractivity contribution in [3.63, 3.8) is 0 Å². The van der Waals surface area contributed by atoms with Crippen LogP contribution in [-0.4, -0.2) is 63.1 Å². The molecule has 2 atom stereocenters. The van der Waals surface area contributed by atoms with E-state index in [9.17, 15) is 17.2 Å². The van der Waals surface area contributed by atoms with Crippen LogP contribution in [0.1, 0.15) is 6.42 Å². The summed E-state index contributed by atoms with van der Waals surface area (Å²) < 4.78 is 59.7. The Hall–Kier alpha value is -1.09. The summed E-state index contributed by atoms with van der Waals surface area (Å²) in [6.45, 7) is 1.71. The molecule has 3 rings (SSSR count). The van der Waals surface area contributed by atoms with Crippen LogP contribution in [0.3, 0.4) is 0 Å². The minimum absolute atomic E-state index is 0.0318. The number of benzene rings is 1. The van der Waals surface area contributed by atoms with Crippen LogP contribution in [0.4, 0.5) is 8.78 Å². The van der Waals surface area contributed by atoms with Crippen molar-refractivity contribution in [1.82, 2.24) is 9.21 Å². The van der Waals surface area contributed by atoms with E-state index in [0.717, 1.165) is 22.5 Å². The second-order valence-corrected chi connectivity index (χ2v) is 7.53. The van der Waals surface area contributed by atoms with E-state index in [1.54, 1.807) is 0 Å². The highest BCUT2D eigenvalue weighted by atomic mass is 32.2. The molecule has 0 amide bonds. The molecule has 2 aliphatic rings. The SMILES string of the molecule is CN1CCO[C@@H]2CCN(S(=O)(=O)c3c(F)cccc3F)C[C@H]21. The summed E-state index contributed by atoms with van der Waals surface area (Å²) in [4.78, 5) is 1.17. The van der Waals surface area contributed by atoms with Crippen LogP contribution < -0.4 is 0 Å². The lowest BCUT2D eigenvalue weighted by molar-refractivity contribution is -0.0840. The van der Waals surface area contributed by atoms with Crippen molar-refractivity contribution in [3.8, 4) is 0 Å². The van der Waals surface area contributed by atoms with Crippen molar-refractivity contribution in [2.45, 2.75) is 23.5 Å². The molecule has 2 fully saturated rings. The van der Waals surface area contributed by atoms with Gasteiger partial charge in [-0.25, -0.2) is 17.2 Å². The third-order valence-electron chi connectivity index (χ3n) is 4.34. The Morgan fingerprint density at radius 2 is 1.91 bits per heavy atom. The zero-order valence-electron chi connectivity index (χ0n) is 12.2. The van der Waals surface area contributed by atoms with Crippen LogP contribution >= 0.6 is 0 Å². The molecule has 0 aliphatic carbocycles. The molecular weight excluding hydrogens is 314 g/mol. The van der Waals surface area contributed by atoms with E-state index < -0.39 is 26.6 Å². The number of morpholine rings is 1. The van der Waals surface area contributed by atoms with Crippen LogP contribution in [0.2, 0.25) is 0 Å². The van der Waals surface area contributed by atoms with E-state index in [-0.39, 0.29) is 25.2 Å². The number of ether oxygens (including phenoxy) is 1. The van der Waals surface area contributed by atoms with Gasteiger partial charge in [0, 0.05) is 25.7 Å². The third kappa shape index (κ3) is 2.64. The van der Waals surface area contributed by atoms with Gasteiger partial charge in [-0.1, -0.05) is 6.07 Å². The number of rotatable bonds is 2. The fourth-order valence-electron chi connectivity index (χ4n) is 3.09. The highest BCUT2D eigenvalue weighted by Gasteiger charge is 2.41. The van der Waals surface area contributed by atoms with Gasteiger partial charge < -0.3 is 4.74 Å². The molecule has 0 radical (unpaired) electrons. The number of hydrogen-bond donors (Lipinski definition) is 0. The lowest BCUT2D eigenvalue weighted by Gasteiger charge is -2.45. The number of halogens is 2. The van der Waals surface area contributed by atoms with E-state index >= 15 is 0 Å². The van der Waals surface area contributed by atoms with Crippen molar-refractivity contribution in [2.24, 2.45) is 0 Å². The van der Waals surface area contributed by atoms with Gasteiger partial charge in [-0.3, -0.25) is 4.90 Å². The first-order valence-corrected chi connectivity index (χ1v) is 8.61. The van der Waals surface area contributed by atoms with Crippen LogP contribution in [0, 0.1) is 11.6 Å². The molecule has 122 valence electrons. The molecule has 2 aliphatic heterocycles. The second-order valence-electron chi connectivity index (χ2n) is 5.66. The fraction of sp³-hybridized carbons (Fsp3) is 0.571. The summed E-state index contributed by atoms with van der Waals surface area (Å²) in [5.41, 5.74) is 0. The largest absolute Gasteiger partial charge is 0.375 e. The van der Waals surface area contributed by atoms with Crippen LogP contribution in [0.25, 0.3) is 0 Å². The standard InChI is InChI=1S/C14H18F2N2O3S/c1-17-7-8-21-13-5-6-18(9-12(13)17)22(19,20)14-10(15)3-2-4-11(14)16/h2-4,12-13H,5-9H2,1H3/t12-,13-/m1/s1. The zero-order chi connectivity index (χ0) is 15.9. The normalized spacial score (nSPS) is 27.6. The van der Waals surface area contributed by atoms with Crippen LogP contribution in [0.5, 0.6) is 0 Å². The molecular formula is C14H18F2N2O3S. The van der Waals surface area contributed by atoms with Gasteiger partial charge in [0.05, 0.1) is 12.7 Å². The lowest BCUT2D eigenvalue weighted by atomic mass is 10.0. The summed E-state index contributed by atoms with van der Waals surface area (Å²) in [7, 11) is -2.29. The van der Waals surface area contributed by atoms with Crippen molar-refractivity contribution < 1.29 is 21.9 Å². The predicted octanol–water partition coefficient (Wildman–Crippen LogP) is 1.06. The average Bonchev–Trinajstić information content (AvgIpc) is 2.47. The van der Waals surface area contributed by atoms with Crippen molar-refractivity contribution in [1.29, 1.82) is 0 Å². The Labute approximate surface area is 128 Å². The Kier molecular flexibility index (Phi) is 4.19. The van der Waals surface area contributed by atoms with Crippen molar-refractivity contribution in [2.75, 3.05) is 33.3 Å². The minimum atomic E-state index is -4.20. The van der Waals surface area contributed by atoms with Crippen molar-refractivity contribution in [3.05, 3.63) is 29.8 Å². The summed E-state index contributed by atoms with van der Waals surface area (Å²) in [6.07, 6.45) is 0.486. The first-order chi connectivity index (χ1) is 10.4. The maximum atomic E-state index is 13.8. The van der Waals surface area contributed by atoms with Gasteiger partial charge in [0.15, 0.2) is 4.90 Å². The topological polar surface area (TPSA) is 49.9 Å². The number of nitrogens with zero attached hydrogens (tertiary/aromatic N) is 2. The Morgan fingerprint density at radius 3 is 2.59 bits per heavy atom. The van der Waals surface area contributed by atoms with Crippen LogP contribution in [-0.2, 0) is 14.8 Å². The third-order valence-corrected chi connectivity index (χ3v) is 6.26. The smallest absolute Gasteiger partial charge is 0.248 e. The average molecular weight is 332 g/mol. The molecule has 0 bridgehead atoms. The maximum Gasteiger partial charge on any atom is 0.248 e. The quantitative estimate of drug-likeness (QED) is 0.813. The predicted molar refractivity (Wildman–Crippen MR) is 75.9 cm³/mol. The number of piperidine rings is 1. The van der Waals surface area contributed by atoms with Gasteiger partial charge in [0.2, 0.25) is 10.0 Å². The number of likely N-dealkylation sites (N-methyl/N-ethyl adjacent to an activating group) is 1. The Balaban J connectivity index is 1.90. The highest BCUT2D eigenvalue weighted by Crippen LogP contribution is 2.28. The van der Waals surface area contributed by atoms with Gasteiger partial charge in [-0.15, -0.1) is 0 Å². The molecule has 0 spiro atoms. The van der Waals surface area contributed by atoms with Gasteiger partial charge in [-0.2, -0.15) is 4.31 Å². The van der Waals surface area contributed by atoms with E-state index in [1.807, 2.05) is 11.9 Å². The zero-order valence-corrected chi connectivity index (χ0v) is 13.0. The first kappa shape index (κ1) is 15.8. The molecule has 0 saturated carbocycles. The Morgan fingerprint density at radius 1 is 1.23 bits per heavy atom. The number of hydrogen-bond acceptors (Lipinski definition) is 4. The number of sulfonamides is 1. The molecule has 0 unspecified atom stereocenters. The Bertz CT molecular complexity index is 648. The molecule has 2 heterocycles. The minimum Gasteiger partial charge on any atom is -0.375 e. The monoisotopic (exact) mass is 332 g/mol. The highest BCUT2D eigenvalue weighted by molar-refractivity contribution is 7.89. The van der Waals surface area contributed by atoms with Crippen LogP contribution in [0.15, 0.2) is 23.1 Å². The molecule has 2 saturated heterocycles. The fourth-order valence-corrected chi connectivity index (χ4v) is 4.67. The first-order valence-electron chi connectivity index (χ1n) is 7.17. The molecule has 0 N–H and O–H groups in total. The second kappa shape index (κ2) is 5.84. The summed E-state index contributed by atoms with van der Waals surface area (Å²) >= 11 is 0. The van der Waals surface area contributed by atoms with E-state index in [2.05, 4.69) is 0 Å². The summed E-state index contributed by atoms with van der Waals surface area (Å²) in [6, 6.07) is 2.97. The number of fused-ring (bicyclic) bond motifs is 1. The summed E-state index contributed by atoms with van der Waals surface area (Å²) in [5.74, 6) is -2.12. The molecule has 8 heteroatoms. The van der Waals surface area contributed by atoms with Gasteiger partial charge >= 0.3 is 0 Å². The van der Waals surface area contributed by atoms with Crippen molar-refractivity contribution >= 4 is 10.0 Å². The van der Waals surface area contributed by atoms with E-state index in [1.165, 1.54) is 0 Å². The molecule has 1 aromatic rings. The van der Waals surface area contributed by atoms with E-state index in [4.69, 9.17) is 4.74 Å². The van der Waals surface area contributed by atoms with Gasteiger partial charge in [0.25, 0.3) is 0 Å². The molecule has 5 nitrogen and oxygen atoms in total. The summed E-state index contributed by atoms with van der Waals surface area (Å²) in [5, 5.41) is 0. The molecule has 1 aromatic carbocycles. The van der Waals surface area contributed by atoms with Gasteiger partial charge in [0.1, 0.15) is 11.6 Å². The van der Waals surface area contributed by atoms with E-state index in [0.29, 0.717) is 19.6 Å². The van der Waals surface area contributed by atoms with Gasteiger partial charge in [-0.05, 0) is 25.6 Å². The molecule has 22 heavy (non-hydrogen) atoms. The maximum absolute atomic E-state index is 13.8. The molecule has 0 aromatic heterocycles. The lowest BCUT2D eigenvalue weighted by Crippen LogP contribution is -2.59.